The van der Waals surface area contributed by atoms with Crippen molar-refractivity contribution in [1.82, 2.24) is 9.97 Å². The van der Waals surface area contributed by atoms with E-state index in [1.54, 1.807) is 13.2 Å². The Labute approximate surface area is 189 Å². The van der Waals surface area contributed by atoms with Crippen molar-refractivity contribution in [3.63, 3.8) is 0 Å². The summed E-state index contributed by atoms with van der Waals surface area (Å²) in [4.78, 5) is 33.5. The number of hydrogen-bond donors (Lipinski definition) is 1. The Morgan fingerprint density at radius 3 is 2.47 bits per heavy atom. The number of hydrogen-bond acceptors (Lipinski definition) is 5. The number of aromatic nitrogens is 2. The Morgan fingerprint density at radius 1 is 1.00 bits per heavy atom. The van der Waals surface area contributed by atoms with Crippen molar-refractivity contribution in [2.75, 3.05) is 7.11 Å². The Hall–Kier alpha value is -3.51. The third-order valence-corrected chi connectivity index (χ3v) is 6.85. The molecule has 0 aliphatic heterocycles. The molecule has 0 bridgehead atoms. The Kier molecular flexibility index (Phi) is 5.23. The molecule has 0 amide bonds. The molecule has 1 atom stereocenters. The van der Waals surface area contributed by atoms with Crippen LogP contribution in [-0.4, -0.2) is 22.9 Å². The largest absolute Gasteiger partial charge is 0.497 e. The zero-order valence-electron chi connectivity index (χ0n) is 17.8. The van der Waals surface area contributed by atoms with Gasteiger partial charge in [0.1, 0.15) is 10.8 Å². The van der Waals surface area contributed by atoms with Crippen molar-refractivity contribution in [2.45, 2.75) is 25.7 Å². The molecule has 2 aromatic carbocycles. The first-order valence-corrected chi connectivity index (χ1v) is 11.4. The number of nitrogens with zero attached hydrogens (tertiary/aromatic N) is 1. The van der Waals surface area contributed by atoms with E-state index < -0.39 is 0 Å². The number of nitrogens with one attached hydrogen (secondary N) is 1. The number of aryl methyl sites for hydroxylation is 1. The van der Waals surface area contributed by atoms with Gasteiger partial charge in [-0.15, -0.1) is 11.3 Å². The van der Waals surface area contributed by atoms with Gasteiger partial charge < -0.3 is 9.72 Å². The van der Waals surface area contributed by atoms with Crippen LogP contribution in [0.2, 0.25) is 0 Å². The van der Waals surface area contributed by atoms with Crippen LogP contribution in [0.4, 0.5) is 0 Å². The highest BCUT2D eigenvalue weighted by molar-refractivity contribution is 7.13. The highest BCUT2D eigenvalue weighted by Crippen LogP contribution is 2.34. The maximum Gasteiger partial charge on any atom is 0.258 e. The first kappa shape index (κ1) is 20.4. The minimum absolute atomic E-state index is 0.0374. The predicted octanol–water partition coefficient (Wildman–Crippen LogP) is 5.40. The van der Waals surface area contributed by atoms with Crippen molar-refractivity contribution < 1.29 is 9.53 Å². The van der Waals surface area contributed by atoms with Crippen LogP contribution in [0.1, 0.15) is 39.5 Å². The van der Waals surface area contributed by atoms with Crippen LogP contribution in [0.3, 0.4) is 0 Å². The lowest BCUT2D eigenvalue weighted by Crippen LogP contribution is -2.24. The van der Waals surface area contributed by atoms with Crippen molar-refractivity contribution in [2.24, 2.45) is 0 Å². The number of ether oxygens (including phenoxy) is 1. The van der Waals surface area contributed by atoms with Gasteiger partial charge in [-0.2, -0.15) is 0 Å². The summed E-state index contributed by atoms with van der Waals surface area (Å²) < 4.78 is 5.22. The van der Waals surface area contributed by atoms with Crippen LogP contribution in [0.5, 0.6) is 5.75 Å². The number of aromatic amines is 1. The lowest BCUT2D eigenvalue weighted by Gasteiger charge is -2.24. The molecule has 6 heteroatoms. The van der Waals surface area contributed by atoms with Gasteiger partial charge in [0.2, 0.25) is 0 Å². The standard InChI is InChI=1S/C26H22N2O3S/c1-15-3-5-17(6-4-15)23-14-32-26(28-23)21-13-20-22(27-25(21)30)11-18(12-24(20)29)16-7-9-19(31-2)10-8-16/h3-10,13-14,18H,11-12H2,1-2H3,(H,27,30)/t18-/m0/s1. The molecule has 0 spiro atoms. The fraction of sp³-hybridized carbons (Fsp3) is 0.192. The summed E-state index contributed by atoms with van der Waals surface area (Å²) in [5, 5.41) is 2.56. The van der Waals surface area contributed by atoms with E-state index in [9.17, 15) is 9.59 Å². The summed E-state index contributed by atoms with van der Waals surface area (Å²) in [7, 11) is 1.63. The van der Waals surface area contributed by atoms with Gasteiger partial charge in [-0.05, 0) is 43.0 Å². The minimum Gasteiger partial charge on any atom is -0.497 e. The number of fused-ring (bicyclic) bond motifs is 1. The Bertz CT molecular complexity index is 1350. The molecule has 2 aromatic heterocycles. The molecule has 0 unspecified atom stereocenters. The molecule has 5 nitrogen and oxygen atoms in total. The van der Waals surface area contributed by atoms with E-state index in [4.69, 9.17) is 4.74 Å². The monoisotopic (exact) mass is 442 g/mol. The molecule has 1 aliphatic rings. The average Bonchev–Trinajstić information content (AvgIpc) is 3.29. The summed E-state index contributed by atoms with van der Waals surface area (Å²) >= 11 is 1.41. The number of pyridine rings is 1. The van der Waals surface area contributed by atoms with E-state index in [2.05, 4.69) is 9.97 Å². The number of ketones is 1. The quantitative estimate of drug-likeness (QED) is 0.460. The van der Waals surface area contributed by atoms with Crippen LogP contribution in [0.15, 0.2) is 64.8 Å². The van der Waals surface area contributed by atoms with E-state index in [1.165, 1.54) is 16.9 Å². The zero-order chi connectivity index (χ0) is 22.2. The Balaban J connectivity index is 1.46. The number of carbonyl (C=O) groups excluding carboxylic acids is 1. The summed E-state index contributed by atoms with van der Waals surface area (Å²) in [5.74, 6) is 0.859. The normalized spacial score (nSPS) is 15.4. The van der Waals surface area contributed by atoms with E-state index in [0.29, 0.717) is 34.7 Å². The van der Waals surface area contributed by atoms with Gasteiger partial charge in [0.05, 0.1) is 18.4 Å². The summed E-state index contributed by atoms with van der Waals surface area (Å²) in [6.45, 7) is 2.04. The second kappa shape index (κ2) is 8.20. The topological polar surface area (TPSA) is 72.0 Å². The van der Waals surface area contributed by atoms with Crippen LogP contribution in [0, 0.1) is 6.92 Å². The van der Waals surface area contributed by atoms with E-state index in [0.717, 1.165) is 22.6 Å². The second-order valence-corrected chi connectivity index (χ2v) is 8.97. The van der Waals surface area contributed by atoms with Crippen LogP contribution in [-0.2, 0) is 6.42 Å². The molecular formula is C26H22N2O3S. The van der Waals surface area contributed by atoms with Crippen molar-refractivity contribution in [3.05, 3.63) is 92.7 Å². The summed E-state index contributed by atoms with van der Waals surface area (Å²) in [5.41, 5.74) is 5.61. The number of benzene rings is 2. The first-order valence-electron chi connectivity index (χ1n) is 10.5. The van der Waals surface area contributed by atoms with Crippen LogP contribution in [0.25, 0.3) is 21.8 Å². The second-order valence-electron chi connectivity index (χ2n) is 8.11. The number of thiazole rings is 1. The molecule has 32 heavy (non-hydrogen) atoms. The smallest absolute Gasteiger partial charge is 0.258 e. The van der Waals surface area contributed by atoms with Gasteiger partial charge in [-0.3, -0.25) is 9.59 Å². The molecule has 1 N–H and O–H groups in total. The molecule has 0 radical (unpaired) electrons. The van der Waals surface area contributed by atoms with Gasteiger partial charge in [-0.1, -0.05) is 42.0 Å². The van der Waals surface area contributed by atoms with Crippen LogP contribution < -0.4 is 10.3 Å². The van der Waals surface area contributed by atoms with Gasteiger partial charge in [0.15, 0.2) is 5.78 Å². The van der Waals surface area contributed by atoms with Crippen molar-refractivity contribution >= 4 is 17.1 Å². The number of methoxy groups -OCH3 is 1. The zero-order valence-corrected chi connectivity index (χ0v) is 18.7. The fourth-order valence-electron chi connectivity index (χ4n) is 4.16. The highest BCUT2D eigenvalue weighted by atomic mass is 32.1. The molecule has 4 aromatic rings. The third-order valence-electron chi connectivity index (χ3n) is 5.97. The number of carbonyl (C=O) groups is 1. The molecule has 1 aliphatic carbocycles. The number of Topliss-reactive ketones (excluding diaryl/α,β-unsaturated/α-hetero) is 1. The summed E-state index contributed by atoms with van der Waals surface area (Å²) in [6.07, 6.45) is 1.03. The number of H-pyrrole nitrogens is 1. The molecule has 2 heterocycles. The lowest BCUT2D eigenvalue weighted by atomic mass is 9.81. The van der Waals surface area contributed by atoms with Gasteiger partial charge in [-0.25, -0.2) is 4.98 Å². The molecule has 0 fully saturated rings. The van der Waals surface area contributed by atoms with Gasteiger partial charge in [0.25, 0.3) is 5.56 Å². The van der Waals surface area contributed by atoms with Crippen molar-refractivity contribution in [3.8, 4) is 27.6 Å². The van der Waals surface area contributed by atoms with Crippen LogP contribution >= 0.6 is 11.3 Å². The van der Waals surface area contributed by atoms with Gasteiger partial charge >= 0.3 is 0 Å². The molecule has 160 valence electrons. The van der Waals surface area contributed by atoms with E-state index >= 15 is 0 Å². The van der Waals surface area contributed by atoms with E-state index in [-0.39, 0.29) is 17.3 Å². The maximum absolute atomic E-state index is 13.0. The lowest BCUT2D eigenvalue weighted by molar-refractivity contribution is 0.0963. The molecule has 0 saturated carbocycles. The SMILES string of the molecule is COc1ccc([C@@H]2CC(=O)c3cc(-c4nc(-c5ccc(C)cc5)cs4)c(=O)[nH]c3C2)cc1. The average molecular weight is 443 g/mol. The molecule has 0 saturated heterocycles. The first-order chi connectivity index (χ1) is 15.5. The molecular weight excluding hydrogens is 420 g/mol. The Morgan fingerprint density at radius 2 is 1.75 bits per heavy atom. The summed E-state index contributed by atoms with van der Waals surface area (Å²) in [6, 6.07) is 17.6. The predicted molar refractivity (Wildman–Crippen MR) is 127 cm³/mol. The van der Waals surface area contributed by atoms with E-state index in [1.807, 2.05) is 60.8 Å². The highest BCUT2D eigenvalue weighted by Gasteiger charge is 2.28. The molecule has 5 rings (SSSR count). The maximum atomic E-state index is 13.0. The third kappa shape index (κ3) is 3.78. The number of rotatable bonds is 4. The van der Waals surface area contributed by atoms with Gasteiger partial charge in [0, 0.05) is 28.6 Å². The fourth-order valence-corrected chi connectivity index (χ4v) is 5.00. The minimum atomic E-state index is -0.211. The van der Waals surface area contributed by atoms with Crippen molar-refractivity contribution in [1.29, 1.82) is 0 Å².